The van der Waals surface area contributed by atoms with E-state index in [0.29, 0.717) is 17.9 Å². The van der Waals surface area contributed by atoms with Crippen molar-refractivity contribution in [3.05, 3.63) is 29.3 Å². The number of nitrogens with zero attached hydrogens (tertiary/aromatic N) is 1. The Hall–Kier alpha value is -1.64. The van der Waals surface area contributed by atoms with E-state index in [1.165, 1.54) is 24.3 Å². The van der Waals surface area contributed by atoms with Gasteiger partial charge in [-0.05, 0) is 51.0 Å². The highest BCUT2D eigenvalue weighted by Crippen LogP contribution is 2.27. The van der Waals surface area contributed by atoms with Crippen molar-refractivity contribution in [3.8, 4) is 0 Å². The Bertz CT molecular complexity index is 733. The first-order valence-electron chi connectivity index (χ1n) is 7.95. The fraction of sp³-hybridized carbons (Fsp3) is 0.500. The minimum atomic E-state index is -3.83. The molecule has 0 aromatic heterocycles. The van der Waals surface area contributed by atoms with Gasteiger partial charge in [-0.25, -0.2) is 8.42 Å². The molecule has 25 heavy (non-hydrogen) atoms. The summed E-state index contributed by atoms with van der Waals surface area (Å²) in [5.74, 6) is -1.14. The van der Waals surface area contributed by atoms with Crippen LogP contribution in [0.1, 0.15) is 26.7 Å². The van der Waals surface area contributed by atoms with Crippen LogP contribution in [-0.2, 0) is 24.3 Å². The molecule has 1 aromatic rings. The molecule has 7 nitrogen and oxygen atoms in total. The van der Waals surface area contributed by atoms with Crippen molar-refractivity contribution >= 4 is 33.5 Å². The zero-order valence-corrected chi connectivity index (χ0v) is 15.6. The molecule has 0 spiro atoms. The number of hydrogen-bond acceptors (Lipinski definition) is 5. The van der Waals surface area contributed by atoms with Gasteiger partial charge in [0.2, 0.25) is 10.0 Å². The van der Waals surface area contributed by atoms with Gasteiger partial charge in [-0.1, -0.05) is 11.6 Å². The molecule has 0 bridgehead atoms. The fourth-order valence-electron chi connectivity index (χ4n) is 2.60. The standard InChI is InChI=1S/C16H21ClN2O5S/c1-11(2)18-15(20)10-24-16(21)14-4-3-9-19(14)25(22,23)13-7-5-12(17)6-8-13/h5-8,11,14H,3-4,9-10H2,1-2H3,(H,18,20)/t14-/m1/s1. The molecule has 1 amide bonds. The monoisotopic (exact) mass is 388 g/mol. The van der Waals surface area contributed by atoms with E-state index in [-0.39, 0.29) is 17.5 Å². The van der Waals surface area contributed by atoms with Crippen LogP contribution >= 0.6 is 11.6 Å². The number of rotatable bonds is 6. The summed E-state index contributed by atoms with van der Waals surface area (Å²) in [6.07, 6.45) is 0.905. The second-order valence-corrected chi connectivity index (χ2v) is 8.38. The molecule has 0 unspecified atom stereocenters. The number of halogens is 1. The van der Waals surface area contributed by atoms with Crippen LogP contribution in [-0.4, -0.2) is 49.8 Å². The summed E-state index contributed by atoms with van der Waals surface area (Å²) >= 11 is 5.79. The predicted octanol–water partition coefficient (Wildman–Crippen LogP) is 1.56. The average Bonchev–Trinajstić information content (AvgIpc) is 3.03. The second kappa shape index (κ2) is 8.16. The number of esters is 1. The lowest BCUT2D eigenvalue weighted by atomic mass is 10.2. The van der Waals surface area contributed by atoms with Crippen molar-refractivity contribution in [1.29, 1.82) is 0 Å². The molecule has 1 N–H and O–H groups in total. The third-order valence-corrected chi connectivity index (χ3v) is 5.87. The summed E-state index contributed by atoms with van der Waals surface area (Å²) in [5.41, 5.74) is 0. The van der Waals surface area contributed by atoms with E-state index < -0.39 is 34.5 Å². The molecule has 1 aliphatic rings. The number of benzene rings is 1. The van der Waals surface area contributed by atoms with Gasteiger partial charge in [-0.2, -0.15) is 4.31 Å². The van der Waals surface area contributed by atoms with Crippen LogP contribution in [0.3, 0.4) is 0 Å². The summed E-state index contributed by atoms with van der Waals surface area (Å²) in [5, 5.41) is 3.02. The lowest BCUT2D eigenvalue weighted by Gasteiger charge is -2.22. The normalized spacial score (nSPS) is 18.3. The van der Waals surface area contributed by atoms with Gasteiger partial charge in [-0.15, -0.1) is 0 Å². The summed E-state index contributed by atoms with van der Waals surface area (Å²) in [7, 11) is -3.83. The van der Waals surface area contributed by atoms with E-state index in [4.69, 9.17) is 16.3 Å². The van der Waals surface area contributed by atoms with Crippen LogP contribution in [0, 0.1) is 0 Å². The van der Waals surface area contributed by atoms with Crippen molar-refractivity contribution in [2.45, 2.75) is 43.7 Å². The van der Waals surface area contributed by atoms with Crippen molar-refractivity contribution in [2.24, 2.45) is 0 Å². The lowest BCUT2D eigenvalue weighted by molar-refractivity contribution is -0.151. The molecule has 138 valence electrons. The molecule has 1 fully saturated rings. The van der Waals surface area contributed by atoms with Gasteiger partial charge < -0.3 is 10.1 Å². The quantitative estimate of drug-likeness (QED) is 0.746. The molecule has 1 aromatic carbocycles. The fourth-order valence-corrected chi connectivity index (χ4v) is 4.37. The van der Waals surface area contributed by atoms with Crippen LogP contribution < -0.4 is 5.32 Å². The van der Waals surface area contributed by atoms with E-state index in [0.717, 1.165) is 4.31 Å². The number of amides is 1. The first kappa shape index (κ1) is 19.7. The molecule has 0 saturated carbocycles. The van der Waals surface area contributed by atoms with Gasteiger partial charge in [-0.3, -0.25) is 9.59 Å². The van der Waals surface area contributed by atoms with E-state index in [1.807, 2.05) is 0 Å². The first-order chi connectivity index (χ1) is 11.7. The highest BCUT2D eigenvalue weighted by Gasteiger charge is 2.40. The van der Waals surface area contributed by atoms with Gasteiger partial charge in [0.15, 0.2) is 6.61 Å². The summed E-state index contributed by atoms with van der Waals surface area (Å²) in [4.78, 5) is 23.9. The van der Waals surface area contributed by atoms with Crippen molar-refractivity contribution < 1.29 is 22.7 Å². The van der Waals surface area contributed by atoms with E-state index in [1.54, 1.807) is 13.8 Å². The highest BCUT2D eigenvalue weighted by atomic mass is 35.5. The second-order valence-electron chi connectivity index (χ2n) is 6.06. The van der Waals surface area contributed by atoms with Crippen molar-refractivity contribution in [1.82, 2.24) is 9.62 Å². The number of ether oxygens (including phenoxy) is 1. The number of carbonyl (C=O) groups is 2. The van der Waals surface area contributed by atoms with Gasteiger partial charge in [0, 0.05) is 17.6 Å². The molecule has 1 saturated heterocycles. The largest absolute Gasteiger partial charge is 0.454 e. The third kappa shape index (κ3) is 4.93. The van der Waals surface area contributed by atoms with E-state index >= 15 is 0 Å². The summed E-state index contributed by atoms with van der Waals surface area (Å²) < 4.78 is 31.6. The zero-order chi connectivity index (χ0) is 18.6. The maximum absolute atomic E-state index is 12.7. The van der Waals surface area contributed by atoms with Crippen molar-refractivity contribution in [3.63, 3.8) is 0 Å². The van der Waals surface area contributed by atoms with Crippen LogP contribution in [0.2, 0.25) is 5.02 Å². The predicted molar refractivity (Wildman–Crippen MR) is 92.6 cm³/mol. The minimum Gasteiger partial charge on any atom is -0.454 e. The minimum absolute atomic E-state index is 0.0640. The molecule has 0 aliphatic carbocycles. The van der Waals surface area contributed by atoms with Crippen molar-refractivity contribution in [2.75, 3.05) is 13.2 Å². The van der Waals surface area contributed by atoms with Gasteiger partial charge >= 0.3 is 5.97 Å². The van der Waals surface area contributed by atoms with Gasteiger partial charge in [0.1, 0.15) is 6.04 Å². The van der Waals surface area contributed by atoms with E-state index in [2.05, 4.69) is 5.32 Å². The maximum Gasteiger partial charge on any atom is 0.324 e. The molecule has 1 aliphatic heterocycles. The highest BCUT2D eigenvalue weighted by molar-refractivity contribution is 7.89. The number of hydrogen-bond donors (Lipinski definition) is 1. The summed E-state index contributed by atoms with van der Waals surface area (Å²) in [6, 6.07) is 4.76. The Morgan fingerprint density at radius 3 is 2.56 bits per heavy atom. The Balaban J connectivity index is 2.07. The van der Waals surface area contributed by atoms with Gasteiger partial charge in [0.05, 0.1) is 4.90 Å². The molecule has 1 heterocycles. The Labute approximate surface area is 152 Å². The smallest absolute Gasteiger partial charge is 0.324 e. The number of nitrogens with one attached hydrogen (secondary N) is 1. The Morgan fingerprint density at radius 2 is 1.96 bits per heavy atom. The van der Waals surface area contributed by atoms with Crippen LogP contribution in [0.5, 0.6) is 0 Å². The lowest BCUT2D eigenvalue weighted by Crippen LogP contribution is -2.42. The molecule has 9 heteroatoms. The Morgan fingerprint density at radius 1 is 1.32 bits per heavy atom. The average molecular weight is 389 g/mol. The van der Waals surface area contributed by atoms with Crippen LogP contribution in [0.15, 0.2) is 29.2 Å². The SMILES string of the molecule is CC(C)NC(=O)COC(=O)[C@H]1CCCN1S(=O)(=O)c1ccc(Cl)cc1. The third-order valence-electron chi connectivity index (χ3n) is 3.69. The molecular formula is C16H21ClN2O5S. The number of sulfonamides is 1. The summed E-state index contributed by atoms with van der Waals surface area (Å²) in [6.45, 7) is 3.37. The van der Waals surface area contributed by atoms with Crippen LogP contribution in [0.4, 0.5) is 0 Å². The first-order valence-corrected chi connectivity index (χ1v) is 9.77. The molecular weight excluding hydrogens is 368 g/mol. The van der Waals surface area contributed by atoms with E-state index in [9.17, 15) is 18.0 Å². The topological polar surface area (TPSA) is 92.8 Å². The molecule has 2 rings (SSSR count). The molecule has 0 radical (unpaired) electrons. The molecule has 1 atom stereocenters. The number of carbonyl (C=O) groups excluding carboxylic acids is 2. The Kier molecular flexibility index (Phi) is 6.42. The van der Waals surface area contributed by atoms with Crippen LogP contribution in [0.25, 0.3) is 0 Å². The zero-order valence-electron chi connectivity index (χ0n) is 14.1. The maximum atomic E-state index is 12.7. The van der Waals surface area contributed by atoms with Gasteiger partial charge in [0.25, 0.3) is 5.91 Å².